The molecule has 2 nitrogen and oxygen atoms in total. The fraction of sp³-hybridized carbons (Fsp3) is 0.750. The maximum atomic E-state index is 3.59. The molecule has 108 valence electrons. The number of hydrogen-bond donors (Lipinski definition) is 1. The number of hydrogen-bond acceptors (Lipinski definition) is 3. The molecule has 1 unspecified atom stereocenters. The predicted molar refractivity (Wildman–Crippen MR) is 85.0 cm³/mol. The molecular formula is C16H28N2S. The summed E-state index contributed by atoms with van der Waals surface area (Å²) < 4.78 is 0. The molecule has 0 bridgehead atoms. The van der Waals surface area contributed by atoms with Crippen molar-refractivity contribution >= 4 is 11.3 Å². The summed E-state index contributed by atoms with van der Waals surface area (Å²) in [5.74, 6) is 0.834. The zero-order valence-corrected chi connectivity index (χ0v) is 13.4. The monoisotopic (exact) mass is 280 g/mol. The van der Waals surface area contributed by atoms with Crippen LogP contribution in [0.2, 0.25) is 0 Å². The molecule has 0 saturated carbocycles. The van der Waals surface area contributed by atoms with Gasteiger partial charge in [-0.1, -0.05) is 13.8 Å². The van der Waals surface area contributed by atoms with Crippen LogP contribution in [0.4, 0.5) is 0 Å². The summed E-state index contributed by atoms with van der Waals surface area (Å²) in [5, 5.41) is 5.83. The van der Waals surface area contributed by atoms with E-state index >= 15 is 0 Å². The first kappa shape index (κ1) is 15.0. The number of nitrogens with zero attached hydrogens (tertiary/aromatic N) is 1. The summed E-state index contributed by atoms with van der Waals surface area (Å²) in [5.41, 5.74) is 1.57. The highest BCUT2D eigenvalue weighted by Crippen LogP contribution is 2.32. The van der Waals surface area contributed by atoms with Gasteiger partial charge in [-0.25, -0.2) is 0 Å². The van der Waals surface area contributed by atoms with Gasteiger partial charge in [0.2, 0.25) is 0 Å². The summed E-state index contributed by atoms with van der Waals surface area (Å²) in [6, 6.07) is 2.92. The Labute approximate surface area is 122 Å². The van der Waals surface area contributed by atoms with Crippen LogP contribution in [0.15, 0.2) is 11.4 Å². The van der Waals surface area contributed by atoms with E-state index in [1.165, 1.54) is 38.9 Å². The molecule has 1 atom stereocenters. The minimum absolute atomic E-state index is 0.604. The minimum atomic E-state index is 0.604. The summed E-state index contributed by atoms with van der Waals surface area (Å²) in [6.07, 6.45) is 3.89. The maximum Gasteiger partial charge on any atom is 0.0331 e. The van der Waals surface area contributed by atoms with Crippen molar-refractivity contribution in [1.82, 2.24) is 10.2 Å². The highest BCUT2D eigenvalue weighted by molar-refractivity contribution is 7.10. The Hall–Kier alpha value is -0.380. The second-order valence-electron chi connectivity index (χ2n) is 6.05. The van der Waals surface area contributed by atoms with Crippen LogP contribution < -0.4 is 5.32 Å². The molecule has 19 heavy (non-hydrogen) atoms. The van der Waals surface area contributed by atoms with Crippen LogP contribution >= 0.6 is 11.3 Å². The quantitative estimate of drug-likeness (QED) is 0.766. The van der Waals surface area contributed by atoms with Crippen molar-refractivity contribution < 1.29 is 0 Å². The number of rotatable bonds is 7. The molecule has 1 N–H and O–H groups in total. The van der Waals surface area contributed by atoms with Crippen LogP contribution in [0, 0.1) is 5.92 Å². The first-order valence-corrected chi connectivity index (χ1v) is 8.57. The molecule has 0 fully saturated rings. The smallest absolute Gasteiger partial charge is 0.0331 e. The zero-order chi connectivity index (χ0) is 13.7. The fourth-order valence-electron chi connectivity index (χ4n) is 2.85. The lowest BCUT2D eigenvalue weighted by molar-refractivity contribution is 0.201. The van der Waals surface area contributed by atoms with Gasteiger partial charge in [0.25, 0.3) is 0 Å². The van der Waals surface area contributed by atoms with Crippen molar-refractivity contribution in [3.63, 3.8) is 0 Å². The zero-order valence-electron chi connectivity index (χ0n) is 12.6. The molecule has 0 aliphatic carbocycles. The van der Waals surface area contributed by atoms with Crippen molar-refractivity contribution in [1.29, 1.82) is 0 Å². The van der Waals surface area contributed by atoms with Crippen LogP contribution in [0.3, 0.4) is 0 Å². The maximum absolute atomic E-state index is 3.59. The molecule has 1 aliphatic heterocycles. The highest BCUT2D eigenvalue weighted by Gasteiger charge is 2.23. The molecule has 1 aromatic heterocycles. The molecule has 2 rings (SSSR count). The molecule has 1 aliphatic rings. The summed E-state index contributed by atoms with van der Waals surface area (Å²) in [6.45, 7) is 11.7. The van der Waals surface area contributed by atoms with Gasteiger partial charge >= 0.3 is 0 Å². The van der Waals surface area contributed by atoms with Crippen LogP contribution in [0.1, 0.15) is 50.1 Å². The Morgan fingerprint density at radius 2 is 2.26 bits per heavy atom. The van der Waals surface area contributed by atoms with E-state index in [-0.39, 0.29) is 0 Å². The lowest BCUT2D eigenvalue weighted by Gasteiger charge is -2.33. The van der Waals surface area contributed by atoms with Gasteiger partial charge in [0.05, 0.1) is 0 Å². The highest BCUT2D eigenvalue weighted by atomic mass is 32.1. The van der Waals surface area contributed by atoms with E-state index in [1.807, 2.05) is 11.3 Å². The van der Waals surface area contributed by atoms with E-state index in [0.29, 0.717) is 6.04 Å². The molecule has 2 heterocycles. The normalized spacial score (nSPS) is 19.9. The molecule has 0 spiro atoms. The van der Waals surface area contributed by atoms with Gasteiger partial charge in [-0.15, -0.1) is 11.3 Å². The number of fused-ring (bicyclic) bond motifs is 1. The van der Waals surface area contributed by atoms with Crippen molar-refractivity contribution in [2.45, 2.75) is 46.1 Å². The second kappa shape index (κ2) is 7.41. The Morgan fingerprint density at radius 3 is 3.05 bits per heavy atom. The standard InChI is InChI=1S/C16H28N2S/c1-13(2)5-4-8-17-9-11-18-10-6-16-15(14(18)3)7-12-19-16/h7,12-14,17H,4-6,8-11H2,1-3H3. The summed E-state index contributed by atoms with van der Waals surface area (Å²) in [7, 11) is 0. The number of thiophene rings is 1. The first-order valence-electron chi connectivity index (χ1n) is 7.69. The SMILES string of the molecule is CC(C)CCCNCCN1CCc2sccc2C1C. The lowest BCUT2D eigenvalue weighted by Crippen LogP contribution is -2.38. The minimum Gasteiger partial charge on any atom is -0.315 e. The van der Waals surface area contributed by atoms with Crippen LogP contribution in [0.5, 0.6) is 0 Å². The third kappa shape index (κ3) is 4.30. The molecule has 0 saturated heterocycles. The van der Waals surface area contributed by atoms with Gasteiger partial charge in [-0.05, 0) is 55.7 Å². The van der Waals surface area contributed by atoms with E-state index in [9.17, 15) is 0 Å². The van der Waals surface area contributed by atoms with Gasteiger partial charge in [0.1, 0.15) is 0 Å². The Balaban J connectivity index is 1.65. The van der Waals surface area contributed by atoms with Crippen LogP contribution in [0.25, 0.3) is 0 Å². The first-order chi connectivity index (χ1) is 9.18. The van der Waals surface area contributed by atoms with Crippen LogP contribution in [-0.4, -0.2) is 31.1 Å². The topological polar surface area (TPSA) is 15.3 Å². The average molecular weight is 280 g/mol. The van der Waals surface area contributed by atoms with Crippen molar-refractivity contribution in [2.75, 3.05) is 26.2 Å². The Morgan fingerprint density at radius 1 is 1.42 bits per heavy atom. The van der Waals surface area contributed by atoms with Crippen molar-refractivity contribution in [3.05, 3.63) is 21.9 Å². The molecule has 0 radical (unpaired) electrons. The van der Waals surface area contributed by atoms with Crippen molar-refractivity contribution in [2.24, 2.45) is 5.92 Å². The van der Waals surface area contributed by atoms with Gasteiger partial charge in [-0.2, -0.15) is 0 Å². The third-order valence-corrected chi connectivity index (χ3v) is 5.11. The lowest BCUT2D eigenvalue weighted by atomic mass is 10.0. The predicted octanol–water partition coefficient (Wildman–Crippen LogP) is 3.69. The van der Waals surface area contributed by atoms with E-state index in [4.69, 9.17) is 0 Å². The third-order valence-electron chi connectivity index (χ3n) is 4.11. The molecule has 3 heteroatoms. The molecule has 1 aromatic rings. The van der Waals surface area contributed by atoms with Gasteiger partial charge in [0.15, 0.2) is 0 Å². The Kier molecular flexibility index (Phi) is 5.86. The second-order valence-corrected chi connectivity index (χ2v) is 7.05. The summed E-state index contributed by atoms with van der Waals surface area (Å²) >= 11 is 1.93. The Bertz CT molecular complexity index is 373. The van der Waals surface area contributed by atoms with E-state index in [2.05, 4.69) is 42.4 Å². The van der Waals surface area contributed by atoms with E-state index < -0.39 is 0 Å². The van der Waals surface area contributed by atoms with E-state index in [1.54, 1.807) is 10.4 Å². The molecule has 0 aromatic carbocycles. The van der Waals surface area contributed by atoms with E-state index in [0.717, 1.165) is 12.5 Å². The largest absolute Gasteiger partial charge is 0.315 e. The van der Waals surface area contributed by atoms with Gasteiger partial charge < -0.3 is 5.32 Å². The average Bonchev–Trinajstić information content (AvgIpc) is 2.84. The summed E-state index contributed by atoms with van der Waals surface area (Å²) in [4.78, 5) is 4.22. The number of nitrogens with one attached hydrogen (secondary N) is 1. The van der Waals surface area contributed by atoms with Gasteiger partial charge in [0, 0.05) is 30.6 Å². The molecule has 0 amide bonds. The van der Waals surface area contributed by atoms with Crippen LogP contribution in [-0.2, 0) is 6.42 Å². The van der Waals surface area contributed by atoms with Crippen molar-refractivity contribution in [3.8, 4) is 0 Å². The molecular weight excluding hydrogens is 252 g/mol. The van der Waals surface area contributed by atoms with Gasteiger partial charge in [-0.3, -0.25) is 4.90 Å². The fourth-order valence-corrected chi connectivity index (χ4v) is 3.81.